The normalized spacial score (nSPS) is 11.7. The van der Waals surface area contributed by atoms with Crippen LogP contribution in [0.5, 0.6) is 0 Å². The van der Waals surface area contributed by atoms with E-state index in [0.717, 1.165) is 6.20 Å². The average Bonchev–Trinajstić information content (AvgIpc) is 2.61. The van der Waals surface area contributed by atoms with E-state index < -0.39 is 14.9 Å². The molecule has 2 rings (SSSR count). The smallest absolute Gasteiger partial charge is 0.296 e. The van der Waals surface area contributed by atoms with Crippen LogP contribution in [0.25, 0.3) is 11.5 Å². The fraction of sp³-hybridized carbons (Fsp3) is 0.125. The van der Waals surface area contributed by atoms with Crippen LogP contribution >= 0.6 is 10.7 Å². The number of pyridine rings is 1. The van der Waals surface area contributed by atoms with E-state index in [4.69, 9.17) is 10.7 Å². The molecular formula is C8H6ClFN4O2S. The molecule has 0 amide bonds. The SMILES string of the molecule is Cn1c(-c2ccc(F)cn2)nnc1S(=O)(=O)Cl. The van der Waals surface area contributed by atoms with Crippen molar-refractivity contribution in [2.24, 2.45) is 7.05 Å². The first-order chi connectivity index (χ1) is 7.89. The number of halogens is 2. The lowest BCUT2D eigenvalue weighted by Gasteiger charge is -2.00. The highest BCUT2D eigenvalue weighted by molar-refractivity contribution is 8.13. The molecule has 2 heterocycles. The Hall–Kier alpha value is -1.54. The van der Waals surface area contributed by atoms with Crippen molar-refractivity contribution in [3.63, 3.8) is 0 Å². The number of hydrogen-bond donors (Lipinski definition) is 0. The van der Waals surface area contributed by atoms with Crippen molar-refractivity contribution >= 4 is 19.7 Å². The highest BCUT2D eigenvalue weighted by atomic mass is 35.7. The molecule has 0 aliphatic rings. The standard InChI is InChI=1S/C8H6ClFN4O2S/c1-14-7(6-3-2-5(10)4-11-6)12-13-8(14)17(9,15)16/h2-4H,1H3. The predicted molar refractivity (Wildman–Crippen MR) is 57.2 cm³/mol. The van der Waals surface area contributed by atoms with Gasteiger partial charge in [-0.25, -0.2) is 17.8 Å². The van der Waals surface area contributed by atoms with Gasteiger partial charge in [0, 0.05) is 17.7 Å². The molecule has 6 nitrogen and oxygen atoms in total. The molecule has 0 radical (unpaired) electrons. The molecule has 2 aromatic heterocycles. The average molecular weight is 277 g/mol. The summed E-state index contributed by atoms with van der Waals surface area (Å²) in [6, 6.07) is 2.55. The molecule has 9 heteroatoms. The van der Waals surface area contributed by atoms with Gasteiger partial charge >= 0.3 is 0 Å². The highest BCUT2D eigenvalue weighted by Gasteiger charge is 2.21. The Kier molecular flexibility index (Phi) is 2.84. The van der Waals surface area contributed by atoms with Crippen molar-refractivity contribution in [1.82, 2.24) is 19.7 Å². The molecule has 0 unspecified atom stereocenters. The molecule has 0 aliphatic heterocycles. The van der Waals surface area contributed by atoms with Gasteiger partial charge < -0.3 is 0 Å². The van der Waals surface area contributed by atoms with Crippen LogP contribution in [0.15, 0.2) is 23.5 Å². The van der Waals surface area contributed by atoms with E-state index in [2.05, 4.69) is 15.2 Å². The van der Waals surface area contributed by atoms with Crippen LogP contribution in [0.1, 0.15) is 0 Å². The van der Waals surface area contributed by atoms with Crippen molar-refractivity contribution in [2.75, 3.05) is 0 Å². The minimum absolute atomic E-state index is 0.184. The summed E-state index contributed by atoms with van der Waals surface area (Å²) in [6.07, 6.45) is 0.999. The summed E-state index contributed by atoms with van der Waals surface area (Å²) in [4.78, 5) is 3.77. The van der Waals surface area contributed by atoms with E-state index in [1.165, 1.54) is 23.7 Å². The molecule has 0 bridgehead atoms. The van der Waals surface area contributed by atoms with E-state index in [-0.39, 0.29) is 11.0 Å². The lowest BCUT2D eigenvalue weighted by Crippen LogP contribution is -2.03. The number of rotatable bonds is 2. The van der Waals surface area contributed by atoms with Crippen molar-refractivity contribution < 1.29 is 12.8 Å². The fourth-order valence-electron chi connectivity index (χ4n) is 1.26. The largest absolute Gasteiger partial charge is 0.299 e. The molecule has 0 atom stereocenters. The molecule has 0 aliphatic carbocycles. The van der Waals surface area contributed by atoms with Gasteiger partial charge in [0.1, 0.15) is 11.5 Å². The number of nitrogens with zero attached hydrogens (tertiary/aromatic N) is 4. The maximum atomic E-state index is 12.7. The van der Waals surface area contributed by atoms with Crippen LogP contribution in [0, 0.1) is 5.82 Å². The second kappa shape index (κ2) is 4.04. The Bertz CT molecular complexity index is 653. The summed E-state index contributed by atoms with van der Waals surface area (Å²) in [5.41, 5.74) is 0.299. The van der Waals surface area contributed by atoms with Gasteiger partial charge in [-0.05, 0) is 12.1 Å². The third-order valence-electron chi connectivity index (χ3n) is 2.01. The lowest BCUT2D eigenvalue weighted by molar-refractivity contribution is 0.592. The van der Waals surface area contributed by atoms with Crippen LogP contribution in [-0.2, 0) is 16.1 Å². The van der Waals surface area contributed by atoms with Gasteiger partial charge in [-0.1, -0.05) is 0 Å². The van der Waals surface area contributed by atoms with E-state index in [9.17, 15) is 12.8 Å². The maximum absolute atomic E-state index is 12.7. The topological polar surface area (TPSA) is 77.7 Å². The second-order valence-corrected chi connectivity index (χ2v) is 5.62. The quantitative estimate of drug-likeness (QED) is 0.763. The first-order valence-electron chi connectivity index (χ1n) is 4.35. The van der Waals surface area contributed by atoms with E-state index >= 15 is 0 Å². The molecule has 0 aromatic carbocycles. The lowest BCUT2D eigenvalue weighted by atomic mass is 10.3. The molecule has 0 saturated heterocycles. The second-order valence-electron chi connectivity index (χ2n) is 3.16. The predicted octanol–water partition coefficient (Wildman–Crippen LogP) is 0.944. The molecule has 2 aromatic rings. The third-order valence-corrected chi connectivity index (χ3v) is 3.22. The summed E-state index contributed by atoms with van der Waals surface area (Å²) in [7, 11) is 2.62. The van der Waals surface area contributed by atoms with E-state index in [1.54, 1.807) is 0 Å². The molecule has 0 fully saturated rings. The molecule has 17 heavy (non-hydrogen) atoms. The Labute approximate surface area is 100 Å². The van der Waals surface area contributed by atoms with E-state index in [0.29, 0.717) is 5.69 Å². The Balaban J connectivity index is 2.55. The highest BCUT2D eigenvalue weighted by Crippen LogP contribution is 2.19. The van der Waals surface area contributed by atoms with Gasteiger partial charge in [-0.3, -0.25) is 4.57 Å². The Morgan fingerprint density at radius 3 is 2.53 bits per heavy atom. The van der Waals surface area contributed by atoms with Crippen LogP contribution in [0.2, 0.25) is 0 Å². The zero-order valence-corrected chi connectivity index (χ0v) is 10.1. The van der Waals surface area contributed by atoms with Gasteiger partial charge in [-0.15, -0.1) is 10.2 Å². The van der Waals surface area contributed by atoms with Crippen LogP contribution < -0.4 is 0 Å². The van der Waals surface area contributed by atoms with Crippen LogP contribution in [-0.4, -0.2) is 28.2 Å². The minimum atomic E-state index is -3.97. The summed E-state index contributed by atoms with van der Waals surface area (Å²) in [5.74, 6) is -0.315. The number of aromatic nitrogens is 4. The van der Waals surface area contributed by atoms with Crippen molar-refractivity contribution in [3.8, 4) is 11.5 Å². The Morgan fingerprint density at radius 1 is 1.35 bits per heavy atom. The van der Waals surface area contributed by atoms with Crippen LogP contribution in [0.3, 0.4) is 0 Å². The minimum Gasteiger partial charge on any atom is -0.299 e. The first-order valence-corrected chi connectivity index (χ1v) is 6.66. The summed E-state index contributed by atoms with van der Waals surface area (Å²) < 4.78 is 36.1. The van der Waals surface area contributed by atoms with Crippen molar-refractivity contribution in [2.45, 2.75) is 5.16 Å². The molecule has 0 N–H and O–H groups in total. The van der Waals surface area contributed by atoms with Crippen LogP contribution in [0.4, 0.5) is 4.39 Å². The molecule has 90 valence electrons. The number of hydrogen-bond acceptors (Lipinski definition) is 5. The zero-order valence-electron chi connectivity index (χ0n) is 8.50. The van der Waals surface area contributed by atoms with Gasteiger partial charge in [0.25, 0.3) is 14.2 Å². The molecule has 0 saturated carbocycles. The summed E-state index contributed by atoms with van der Waals surface area (Å²) in [6.45, 7) is 0. The van der Waals surface area contributed by atoms with Crippen molar-refractivity contribution in [3.05, 3.63) is 24.1 Å². The fourth-order valence-corrected chi connectivity index (χ4v) is 2.21. The third kappa shape index (κ3) is 2.27. The monoisotopic (exact) mass is 276 g/mol. The summed E-state index contributed by atoms with van der Waals surface area (Å²) >= 11 is 0. The van der Waals surface area contributed by atoms with Gasteiger partial charge in [-0.2, -0.15) is 0 Å². The van der Waals surface area contributed by atoms with Gasteiger partial charge in [0.15, 0.2) is 5.82 Å². The molecular weight excluding hydrogens is 271 g/mol. The Morgan fingerprint density at radius 2 is 2.06 bits per heavy atom. The van der Waals surface area contributed by atoms with Gasteiger partial charge in [0.2, 0.25) is 0 Å². The first kappa shape index (κ1) is 11.9. The zero-order chi connectivity index (χ0) is 12.6. The maximum Gasteiger partial charge on any atom is 0.296 e. The van der Waals surface area contributed by atoms with Gasteiger partial charge in [0.05, 0.1) is 6.20 Å². The summed E-state index contributed by atoms with van der Waals surface area (Å²) in [5, 5.41) is 6.70. The molecule has 0 spiro atoms. The van der Waals surface area contributed by atoms with Crippen molar-refractivity contribution in [1.29, 1.82) is 0 Å². The van der Waals surface area contributed by atoms with E-state index in [1.807, 2.05) is 0 Å².